The van der Waals surface area contributed by atoms with Gasteiger partial charge in [-0.15, -0.1) is 0 Å². The van der Waals surface area contributed by atoms with Gasteiger partial charge in [0.2, 0.25) is 0 Å². The molecular weight excluding hydrogens is 369 g/mol. The third-order valence-electron chi connectivity index (χ3n) is 3.99. The van der Waals surface area contributed by atoms with Gasteiger partial charge in [-0.2, -0.15) is 0 Å². The summed E-state index contributed by atoms with van der Waals surface area (Å²) in [4.78, 5) is 0. The number of aryl methyl sites for hydroxylation is 1. The number of para-hydroxylation sites is 1. The van der Waals surface area contributed by atoms with Crippen LogP contribution in [-0.4, -0.2) is 4.57 Å². The number of benzene rings is 3. The largest absolute Gasteiger partial charge is 0.309 e. The Bertz CT molecular complexity index is 892. The van der Waals surface area contributed by atoms with E-state index in [1.165, 1.54) is 36.6 Å². The number of aromatic nitrogens is 1. The van der Waals surface area contributed by atoms with Gasteiger partial charge >= 0.3 is 0 Å². The summed E-state index contributed by atoms with van der Waals surface area (Å²) in [6, 6.07) is 23.7. The minimum Gasteiger partial charge on any atom is -0.309 e. The zero-order valence-corrected chi connectivity index (χ0v) is 13.8. The third-order valence-corrected chi connectivity index (χ3v) is 4.89. The molecule has 4 rings (SSSR count). The van der Waals surface area contributed by atoms with Crippen molar-refractivity contribution >= 4 is 44.4 Å². The van der Waals surface area contributed by atoms with E-state index in [-0.39, 0.29) is 0 Å². The topological polar surface area (TPSA) is 4.93 Å². The molecule has 2 heteroatoms. The molecule has 21 heavy (non-hydrogen) atoms. The van der Waals surface area contributed by atoms with E-state index < -0.39 is 0 Å². The number of fused-ring (bicyclic) bond motifs is 3. The number of hydrogen-bond acceptors (Lipinski definition) is 0. The Balaban J connectivity index is 2.29. The lowest BCUT2D eigenvalue weighted by atomic mass is 10.1. The van der Waals surface area contributed by atoms with Crippen LogP contribution in [0.2, 0.25) is 0 Å². The smallest absolute Gasteiger partial charge is 0.0551 e. The Morgan fingerprint density at radius 1 is 0.714 bits per heavy atom. The van der Waals surface area contributed by atoms with E-state index in [2.05, 4.69) is 101 Å². The number of hydrogen-bond donors (Lipinski definition) is 0. The van der Waals surface area contributed by atoms with E-state index >= 15 is 0 Å². The van der Waals surface area contributed by atoms with E-state index in [1.54, 1.807) is 0 Å². The van der Waals surface area contributed by atoms with E-state index in [1.807, 2.05) is 0 Å². The average molecular weight is 383 g/mol. The number of nitrogens with zero attached hydrogens (tertiary/aromatic N) is 1. The average Bonchev–Trinajstić information content (AvgIpc) is 2.85. The SMILES string of the molecule is Cc1cccc2c1c1c(I)cccc1n2-c1ccccc1. The highest BCUT2D eigenvalue weighted by Crippen LogP contribution is 2.36. The van der Waals surface area contributed by atoms with Crippen molar-refractivity contribution in [1.29, 1.82) is 0 Å². The van der Waals surface area contributed by atoms with Crippen LogP contribution in [0, 0.1) is 10.5 Å². The lowest BCUT2D eigenvalue weighted by Gasteiger charge is -2.07. The van der Waals surface area contributed by atoms with Gasteiger partial charge in [-0.25, -0.2) is 0 Å². The van der Waals surface area contributed by atoms with Crippen LogP contribution < -0.4 is 0 Å². The molecule has 1 nitrogen and oxygen atoms in total. The second-order valence-electron chi connectivity index (χ2n) is 5.27. The molecule has 102 valence electrons. The first-order valence-electron chi connectivity index (χ1n) is 7.01. The van der Waals surface area contributed by atoms with E-state index in [0.717, 1.165) is 0 Å². The van der Waals surface area contributed by atoms with Crippen molar-refractivity contribution in [3.8, 4) is 5.69 Å². The molecule has 4 aromatic rings. The highest BCUT2D eigenvalue weighted by Gasteiger charge is 2.15. The third kappa shape index (κ3) is 1.89. The summed E-state index contributed by atoms with van der Waals surface area (Å²) < 4.78 is 3.67. The predicted octanol–water partition coefficient (Wildman–Crippen LogP) is 5.70. The number of rotatable bonds is 1. The Morgan fingerprint density at radius 3 is 2.14 bits per heavy atom. The molecule has 0 aliphatic rings. The Hall–Kier alpha value is -1.81. The lowest BCUT2D eigenvalue weighted by molar-refractivity contribution is 1.18. The van der Waals surface area contributed by atoms with Crippen molar-refractivity contribution in [2.24, 2.45) is 0 Å². The monoisotopic (exact) mass is 383 g/mol. The molecule has 0 saturated heterocycles. The molecule has 0 atom stereocenters. The molecule has 0 fully saturated rings. The molecule has 0 unspecified atom stereocenters. The Labute approximate surface area is 137 Å². The minimum atomic E-state index is 1.21. The Kier molecular flexibility index (Phi) is 3.00. The van der Waals surface area contributed by atoms with Crippen LogP contribution in [0.3, 0.4) is 0 Å². The van der Waals surface area contributed by atoms with Gasteiger partial charge in [-0.05, 0) is 65.4 Å². The van der Waals surface area contributed by atoms with Crippen molar-refractivity contribution in [2.45, 2.75) is 6.92 Å². The second-order valence-corrected chi connectivity index (χ2v) is 6.44. The van der Waals surface area contributed by atoms with E-state index in [9.17, 15) is 0 Å². The molecule has 0 saturated carbocycles. The van der Waals surface area contributed by atoms with Crippen molar-refractivity contribution in [3.63, 3.8) is 0 Å². The van der Waals surface area contributed by atoms with Gasteiger partial charge in [-0.1, -0.05) is 36.4 Å². The maximum absolute atomic E-state index is 2.44. The summed E-state index contributed by atoms with van der Waals surface area (Å²) in [6.45, 7) is 2.19. The maximum Gasteiger partial charge on any atom is 0.0551 e. The quantitative estimate of drug-likeness (QED) is 0.372. The van der Waals surface area contributed by atoms with Gasteiger partial charge < -0.3 is 4.57 Å². The van der Waals surface area contributed by atoms with Gasteiger partial charge in [0.15, 0.2) is 0 Å². The van der Waals surface area contributed by atoms with Gasteiger partial charge in [0, 0.05) is 20.0 Å². The van der Waals surface area contributed by atoms with E-state index in [0.29, 0.717) is 0 Å². The van der Waals surface area contributed by atoms with Crippen LogP contribution in [0.1, 0.15) is 5.56 Å². The minimum absolute atomic E-state index is 1.21. The molecular formula is C19H14IN. The second kappa shape index (κ2) is 4.88. The molecule has 0 N–H and O–H groups in total. The molecule has 0 aliphatic carbocycles. The normalized spacial score (nSPS) is 11.3. The summed E-state index contributed by atoms with van der Waals surface area (Å²) in [5, 5.41) is 2.72. The summed E-state index contributed by atoms with van der Waals surface area (Å²) >= 11 is 2.44. The van der Waals surface area contributed by atoms with Crippen molar-refractivity contribution < 1.29 is 0 Å². The van der Waals surface area contributed by atoms with Gasteiger partial charge in [0.1, 0.15) is 0 Å². The van der Waals surface area contributed by atoms with Crippen molar-refractivity contribution in [1.82, 2.24) is 4.57 Å². The molecule has 0 amide bonds. The van der Waals surface area contributed by atoms with Crippen molar-refractivity contribution in [2.75, 3.05) is 0 Å². The summed E-state index contributed by atoms with van der Waals surface area (Å²) in [7, 11) is 0. The zero-order chi connectivity index (χ0) is 14.4. The van der Waals surface area contributed by atoms with E-state index in [4.69, 9.17) is 0 Å². The molecule has 1 heterocycles. The molecule has 1 aromatic heterocycles. The van der Waals surface area contributed by atoms with Crippen LogP contribution in [0.25, 0.3) is 27.5 Å². The lowest BCUT2D eigenvalue weighted by Crippen LogP contribution is -1.92. The van der Waals surface area contributed by atoms with Crippen LogP contribution in [-0.2, 0) is 0 Å². The first-order valence-corrected chi connectivity index (χ1v) is 8.09. The summed E-state index contributed by atoms with van der Waals surface area (Å²) in [5.41, 5.74) is 5.10. The summed E-state index contributed by atoms with van der Waals surface area (Å²) in [6.07, 6.45) is 0. The fourth-order valence-corrected chi connectivity index (χ4v) is 3.85. The highest BCUT2D eigenvalue weighted by atomic mass is 127. The first kappa shape index (κ1) is 12.9. The highest BCUT2D eigenvalue weighted by molar-refractivity contribution is 14.1. The first-order chi connectivity index (χ1) is 10.3. The molecule has 0 radical (unpaired) electrons. The van der Waals surface area contributed by atoms with Crippen LogP contribution in [0.4, 0.5) is 0 Å². The number of halogens is 1. The van der Waals surface area contributed by atoms with Crippen LogP contribution >= 0.6 is 22.6 Å². The predicted molar refractivity (Wildman–Crippen MR) is 98.2 cm³/mol. The molecule has 0 aliphatic heterocycles. The van der Waals surface area contributed by atoms with Gasteiger partial charge in [-0.3, -0.25) is 0 Å². The zero-order valence-electron chi connectivity index (χ0n) is 11.7. The summed E-state index contributed by atoms with van der Waals surface area (Å²) in [5.74, 6) is 0. The molecule has 3 aromatic carbocycles. The van der Waals surface area contributed by atoms with Crippen LogP contribution in [0.5, 0.6) is 0 Å². The molecule has 0 bridgehead atoms. The molecule has 0 spiro atoms. The van der Waals surface area contributed by atoms with Gasteiger partial charge in [0.05, 0.1) is 11.0 Å². The maximum atomic E-state index is 2.44. The van der Waals surface area contributed by atoms with Crippen molar-refractivity contribution in [3.05, 3.63) is 75.9 Å². The fraction of sp³-hybridized carbons (Fsp3) is 0.0526. The fourth-order valence-electron chi connectivity index (χ4n) is 3.10. The Morgan fingerprint density at radius 2 is 1.38 bits per heavy atom. The standard InChI is InChI=1S/C19H14IN/c1-13-7-5-11-16-18(13)19-15(20)10-6-12-17(19)21(16)14-8-3-2-4-9-14/h2-12H,1H3. The van der Waals surface area contributed by atoms with Crippen LogP contribution in [0.15, 0.2) is 66.7 Å². The van der Waals surface area contributed by atoms with Gasteiger partial charge in [0.25, 0.3) is 0 Å².